The maximum atomic E-state index is 15.2. The number of rotatable bonds is 3. The van der Waals surface area contributed by atoms with Gasteiger partial charge in [-0.15, -0.1) is 0 Å². The molecule has 2 unspecified atom stereocenters. The quantitative estimate of drug-likeness (QED) is 0.890. The molecule has 2 rings (SSSR count). The molecule has 0 amide bonds. The molecule has 18 heavy (non-hydrogen) atoms. The van der Waals surface area contributed by atoms with Crippen LogP contribution < -0.4 is 10.1 Å². The fourth-order valence-corrected chi connectivity index (χ4v) is 2.74. The fourth-order valence-electron chi connectivity index (χ4n) is 2.74. The lowest BCUT2D eigenvalue weighted by Crippen LogP contribution is -2.40. The largest absolute Gasteiger partial charge is 0.496 e. The third-order valence-electron chi connectivity index (χ3n) is 3.95. The molecule has 0 spiro atoms. The van der Waals surface area contributed by atoms with Crippen molar-refractivity contribution in [2.75, 3.05) is 20.2 Å². The molecule has 3 heteroatoms. The minimum atomic E-state index is -1.34. The van der Waals surface area contributed by atoms with Crippen LogP contribution in [-0.4, -0.2) is 20.2 Å². The molecule has 1 aliphatic rings. The molecule has 2 nitrogen and oxygen atoms in total. The van der Waals surface area contributed by atoms with E-state index in [1.54, 1.807) is 14.0 Å². The van der Waals surface area contributed by atoms with Crippen LogP contribution in [0.15, 0.2) is 18.2 Å². The zero-order chi connectivity index (χ0) is 13.2. The summed E-state index contributed by atoms with van der Waals surface area (Å²) in [6.45, 7) is 5.40. The van der Waals surface area contributed by atoms with Crippen LogP contribution in [0.4, 0.5) is 4.39 Å². The second-order valence-electron chi connectivity index (χ2n) is 5.32. The Hall–Kier alpha value is -1.09. The Bertz CT molecular complexity index is 411. The first kappa shape index (κ1) is 13.3. The minimum absolute atomic E-state index is 0.0157. The smallest absolute Gasteiger partial charge is 0.140 e. The van der Waals surface area contributed by atoms with Crippen LogP contribution in [0.1, 0.15) is 30.9 Å². The average Bonchev–Trinajstić information content (AvgIpc) is 2.39. The highest BCUT2D eigenvalue weighted by molar-refractivity contribution is 5.41. The number of ether oxygens (including phenoxy) is 1. The number of nitrogens with one attached hydrogen (secondary N) is 1. The molecule has 0 saturated carbocycles. The third-order valence-corrected chi connectivity index (χ3v) is 3.95. The van der Waals surface area contributed by atoms with Gasteiger partial charge in [0.15, 0.2) is 0 Å². The van der Waals surface area contributed by atoms with E-state index in [0.717, 1.165) is 31.5 Å². The topological polar surface area (TPSA) is 21.3 Å². The predicted octanol–water partition coefficient (Wildman–Crippen LogP) is 3.19. The number of methoxy groups -OCH3 is 1. The highest BCUT2D eigenvalue weighted by atomic mass is 19.1. The van der Waals surface area contributed by atoms with E-state index in [4.69, 9.17) is 4.74 Å². The van der Waals surface area contributed by atoms with Crippen molar-refractivity contribution in [3.63, 3.8) is 0 Å². The maximum Gasteiger partial charge on any atom is 0.140 e. The summed E-state index contributed by atoms with van der Waals surface area (Å²) in [6.07, 6.45) is 1.97. The Morgan fingerprint density at radius 1 is 1.44 bits per heavy atom. The molecule has 0 radical (unpaired) electrons. The highest BCUT2D eigenvalue weighted by Crippen LogP contribution is 2.41. The Morgan fingerprint density at radius 2 is 2.22 bits per heavy atom. The van der Waals surface area contributed by atoms with Gasteiger partial charge in [0.25, 0.3) is 0 Å². The summed E-state index contributed by atoms with van der Waals surface area (Å²) in [7, 11) is 1.60. The van der Waals surface area contributed by atoms with Crippen LogP contribution in [0.2, 0.25) is 0 Å². The van der Waals surface area contributed by atoms with E-state index in [-0.39, 0.29) is 5.92 Å². The van der Waals surface area contributed by atoms with E-state index in [2.05, 4.69) is 5.32 Å². The second kappa shape index (κ2) is 5.27. The number of halogens is 1. The van der Waals surface area contributed by atoms with Crippen LogP contribution in [-0.2, 0) is 5.67 Å². The lowest BCUT2D eigenvalue weighted by atomic mass is 9.79. The lowest BCUT2D eigenvalue weighted by Gasteiger charge is -2.35. The Kier molecular flexibility index (Phi) is 3.91. The van der Waals surface area contributed by atoms with Gasteiger partial charge in [0.1, 0.15) is 11.4 Å². The van der Waals surface area contributed by atoms with E-state index < -0.39 is 5.67 Å². The molecule has 100 valence electrons. The van der Waals surface area contributed by atoms with Gasteiger partial charge in [-0.1, -0.05) is 11.6 Å². The molecule has 1 aliphatic heterocycles. The van der Waals surface area contributed by atoms with Crippen LogP contribution in [0.3, 0.4) is 0 Å². The summed E-state index contributed by atoms with van der Waals surface area (Å²) < 4.78 is 20.5. The molecular weight excluding hydrogens is 229 g/mol. The van der Waals surface area contributed by atoms with Crippen LogP contribution >= 0.6 is 0 Å². The maximum absolute atomic E-state index is 15.2. The van der Waals surface area contributed by atoms with Gasteiger partial charge in [-0.2, -0.15) is 0 Å². The summed E-state index contributed by atoms with van der Waals surface area (Å²) in [5, 5.41) is 3.28. The first-order valence-corrected chi connectivity index (χ1v) is 6.60. The number of piperidine rings is 1. The summed E-state index contributed by atoms with van der Waals surface area (Å²) in [4.78, 5) is 0. The monoisotopic (exact) mass is 251 g/mol. The van der Waals surface area contributed by atoms with Gasteiger partial charge >= 0.3 is 0 Å². The van der Waals surface area contributed by atoms with Crippen molar-refractivity contribution < 1.29 is 9.13 Å². The van der Waals surface area contributed by atoms with Crippen molar-refractivity contribution in [3.8, 4) is 5.75 Å². The average molecular weight is 251 g/mol. The molecular formula is C15H22FNO. The van der Waals surface area contributed by atoms with E-state index in [0.29, 0.717) is 11.3 Å². The molecule has 1 fully saturated rings. The molecule has 0 aromatic heterocycles. The molecule has 1 N–H and O–H groups in total. The number of hydrogen-bond donors (Lipinski definition) is 1. The summed E-state index contributed by atoms with van der Waals surface area (Å²) in [5.41, 5.74) is 0.405. The third kappa shape index (κ3) is 2.51. The normalized spacial score (nSPS) is 23.4. The van der Waals surface area contributed by atoms with Gasteiger partial charge in [-0.3, -0.25) is 0 Å². The fraction of sp³-hybridized carbons (Fsp3) is 0.600. The van der Waals surface area contributed by atoms with Gasteiger partial charge < -0.3 is 10.1 Å². The summed E-state index contributed by atoms with van der Waals surface area (Å²) >= 11 is 0. The molecule has 0 bridgehead atoms. The van der Waals surface area contributed by atoms with E-state index in [9.17, 15) is 0 Å². The summed E-state index contributed by atoms with van der Waals surface area (Å²) in [6, 6.07) is 5.73. The first-order chi connectivity index (χ1) is 8.55. The van der Waals surface area contributed by atoms with E-state index >= 15 is 4.39 Å². The van der Waals surface area contributed by atoms with Gasteiger partial charge in [0, 0.05) is 18.0 Å². The van der Waals surface area contributed by atoms with Gasteiger partial charge in [-0.25, -0.2) is 4.39 Å². The van der Waals surface area contributed by atoms with Gasteiger partial charge in [0.05, 0.1) is 7.11 Å². The minimum Gasteiger partial charge on any atom is -0.496 e. The Balaban J connectivity index is 2.35. The van der Waals surface area contributed by atoms with Crippen molar-refractivity contribution in [3.05, 3.63) is 29.3 Å². The van der Waals surface area contributed by atoms with Crippen molar-refractivity contribution in [2.45, 2.75) is 32.4 Å². The molecule has 1 saturated heterocycles. The van der Waals surface area contributed by atoms with Crippen molar-refractivity contribution in [2.24, 2.45) is 5.92 Å². The van der Waals surface area contributed by atoms with Gasteiger partial charge in [0.2, 0.25) is 0 Å². The van der Waals surface area contributed by atoms with E-state index in [1.807, 2.05) is 25.1 Å². The molecule has 0 aliphatic carbocycles. The van der Waals surface area contributed by atoms with E-state index in [1.165, 1.54) is 0 Å². The molecule has 1 aromatic rings. The zero-order valence-corrected chi connectivity index (χ0v) is 11.4. The highest BCUT2D eigenvalue weighted by Gasteiger charge is 2.38. The zero-order valence-electron chi connectivity index (χ0n) is 11.4. The number of alkyl halides is 1. The van der Waals surface area contributed by atoms with Gasteiger partial charge in [-0.05, 0) is 45.4 Å². The predicted molar refractivity (Wildman–Crippen MR) is 71.8 cm³/mol. The van der Waals surface area contributed by atoms with Crippen molar-refractivity contribution in [1.82, 2.24) is 5.32 Å². The second-order valence-corrected chi connectivity index (χ2v) is 5.32. The molecule has 1 aromatic carbocycles. The Morgan fingerprint density at radius 3 is 2.83 bits per heavy atom. The SMILES string of the molecule is COc1ccc(C)cc1C(C)(F)C1CCCNC1. The molecule has 2 atom stereocenters. The van der Waals surface area contributed by atoms with Crippen molar-refractivity contribution >= 4 is 0 Å². The number of hydrogen-bond acceptors (Lipinski definition) is 2. The standard InChI is InChI=1S/C15H22FNO/c1-11-6-7-14(18-3)13(9-11)15(2,16)12-5-4-8-17-10-12/h6-7,9,12,17H,4-5,8,10H2,1-3H3. The van der Waals surface area contributed by atoms with Crippen LogP contribution in [0.5, 0.6) is 5.75 Å². The number of benzene rings is 1. The lowest BCUT2D eigenvalue weighted by molar-refractivity contribution is 0.0782. The van der Waals surface area contributed by atoms with Crippen LogP contribution in [0, 0.1) is 12.8 Å². The van der Waals surface area contributed by atoms with Crippen molar-refractivity contribution in [1.29, 1.82) is 0 Å². The first-order valence-electron chi connectivity index (χ1n) is 6.60. The van der Waals surface area contributed by atoms with Crippen LogP contribution in [0.25, 0.3) is 0 Å². The summed E-state index contributed by atoms with van der Waals surface area (Å²) in [5.74, 6) is 0.665. The molecule has 1 heterocycles. The number of aryl methyl sites for hydroxylation is 1. The Labute approximate surface area is 109 Å².